The van der Waals surface area contributed by atoms with Gasteiger partial charge in [-0.2, -0.15) is 0 Å². The average molecular weight is 267 g/mol. The van der Waals surface area contributed by atoms with Crippen molar-refractivity contribution in [2.24, 2.45) is 17.0 Å². The van der Waals surface area contributed by atoms with Crippen molar-refractivity contribution in [2.75, 3.05) is 39.3 Å². The van der Waals surface area contributed by atoms with E-state index in [1.165, 1.54) is 32.4 Å². The van der Waals surface area contributed by atoms with Crippen LogP contribution >= 0.6 is 0 Å². The maximum atomic E-state index is 6.09. The first-order chi connectivity index (χ1) is 9.33. The van der Waals surface area contributed by atoms with Crippen LogP contribution in [0.3, 0.4) is 0 Å². The average Bonchev–Trinajstić information content (AvgIpc) is 2.86. The summed E-state index contributed by atoms with van der Waals surface area (Å²) in [5.41, 5.74) is 0. The van der Waals surface area contributed by atoms with Gasteiger partial charge in [-0.25, -0.2) is 0 Å². The summed E-state index contributed by atoms with van der Waals surface area (Å²) in [5, 5.41) is 7.53. The molecule has 0 unspecified atom stereocenters. The van der Waals surface area contributed by atoms with Crippen molar-refractivity contribution in [3.63, 3.8) is 0 Å². The first-order valence-electron chi connectivity index (χ1n) is 7.62. The van der Waals surface area contributed by atoms with Crippen molar-refractivity contribution in [3.05, 3.63) is 0 Å². The number of hydrogen-bond donors (Lipinski definition) is 1. The highest BCUT2D eigenvalue weighted by atomic mass is 16.7. The molecule has 3 rings (SSSR count). The molecule has 0 spiro atoms. The molecule has 0 aromatic heterocycles. The number of hydrogen-bond acceptors (Lipinski definition) is 5. The minimum atomic E-state index is 0.151. The first-order valence-corrected chi connectivity index (χ1v) is 7.62. The van der Waals surface area contributed by atoms with Crippen LogP contribution in [-0.4, -0.2) is 56.2 Å². The zero-order chi connectivity index (χ0) is 13.1. The number of likely N-dealkylation sites (tertiary alicyclic amines) is 1. The van der Waals surface area contributed by atoms with Gasteiger partial charge in [0.15, 0.2) is 6.61 Å². The second-order valence-electron chi connectivity index (χ2n) is 6.07. The fourth-order valence-electron chi connectivity index (χ4n) is 3.23. The second kappa shape index (κ2) is 6.09. The van der Waals surface area contributed by atoms with Crippen LogP contribution in [0.25, 0.3) is 0 Å². The minimum absolute atomic E-state index is 0.151. The smallest absolute Gasteiger partial charge is 0.230 e. The van der Waals surface area contributed by atoms with Crippen LogP contribution in [0.15, 0.2) is 5.16 Å². The van der Waals surface area contributed by atoms with E-state index in [2.05, 4.69) is 22.3 Å². The van der Waals surface area contributed by atoms with Crippen LogP contribution in [0, 0.1) is 11.8 Å². The van der Waals surface area contributed by atoms with Crippen LogP contribution in [0.5, 0.6) is 0 Å². The van der Waals surface area contributed by atoms with E-state index in [4.69, 9.17) is 9.57 Å². The summed E-state index contributed by atoms with van der Waals surface area (Å²) in [6.45, 7) is 8.22. The van der Waals surface area contributed by atoms with Gasteiger partial charge in [0.2, 0.25) is 5.90 Å². The topological polar surface area (TPSA) is 46.1 Å². The number of oxime groups is 1. The molecule has 19 heavy (non-hydrogen) atoms. The molecule has 1 N–H and O–H groups in total. The van der Waals surface area contributed by atoms with E-state index in [1.54, 1.807) is 0 Å². The molecule has 108 valence electrons. The summed E-state index contributed by atoms with van der Waals surface area (Å²) in [4.78, 5) is 7.90. The molecule has 2 saturated heterocycles. The molecule has 0 aliphatic carbocycles. The highest BCUT2D eigenvalue weighted by molar-refractivity contribution is 5.79. The molecule has 3 heterocycles. The van der Waals surface area contributed by atoms with Crippen molar-refractivity contribution in [2.45, 2.75) is 32.3 Å². The third-order valence-electron chi connectivity index (χ3n) is 4.45. The zero-order valence-electron chi connectivity index (χ0n) is 11.8. The van der Waals surface area contributed by atoms with Gasteiger partial charge >= 0.3 is 0 Å². The predicted molar refractivity (Wildman–Crippen MR) is 74.1 cm³/mol. The molecule has 0 bridgehead atoms. The van der Waals surface area contributed by atoms with Gasteiger partial charge in [-0.05, 0) is 38.4 Å². The van der Waals surface area contributed by atoms with E-state index in [1.807, 2.05) is 0 Å². The number of nitrogens with one attached hydrogen (secondary N) is 1. The van der Waals surface area contributed by atoms with E-state index < -0.39 is 0 Å². The van der Waals surface area contributed by atoms with Gasteiger partial charge in [-0.3, -0.25) is 4.90 Å². The van der Waals surface area contributed by atoms with Crippen LogP contribution in [0.4, 0.5) is 0 Å². The Hall–Kier alpha value is -0.810. The lowest BCUT2D eigenvalue weighted by atomic mass is 9.98. The summed E-state index contributed by atoms with van der Waals surface area (Å²) in [5.74, 6) is 1.77. The Morgan fingerprint density at radius 1 is 1.26 bits per heavy atom. The zero-order valence-corrected chi connectivity index (χ0v) is 11.8. The number of rotatable bonds is 3. The molecule has 0 aromatic rings. The van der Waals surface area contributed by atoms with E-state index in [9.17, 15) is 0 Å². The Balaban J connectivity index is 1.53. The minimum Gasteiger partial charge on any atom is -0.470 e. The Labute approximate surface area is 115 Å². The van der Waals surface area contributed by atoms with Gasteiger partial charge in [0.05, 0.1) is 5.92 Å². The molecule has 0 saturated carbocycles. The van der Waals surface area contributed by atoms with Gasteiger partial charge in [0, 0.05) is 13.1 Å². The Bertz CT molecular complexity index is 329. The predicted octanol–water partition coefficient (Wildman–Crippen LogP) is 1.06. The van der Waals surface area contributed by atoms with Crippen molar-refractivity contribution < 1.29 is 9.57 Å². The quantitative estimate of drug-likeness (QED) is 0.830. The second-order valence-corrected chi connectivity index (χ2v) is 6.07. The Kier molecular flexibility index (Phi) is 4.23. The molecule has 5 nitrogen and oxygen atoms in total. The summed E-state index contributed by atoms with van der Waals surface area (Å²) in [6, 6.07) is 0. The summed E-state index contributed by atoms with van der Waals surface area (Å²) < 4.78 is 6.09. The monoisotopic (exact) mass is 267 g/mol. The standard InChI is InChI=1S/C14H25N3O2/c1-11-7-15-8-13(11)14-16-18-10-12(19-14)9-17-5-3-2-4-6-17/h11-13,15H,2-10H2,1H3/t11-,12+,13-/m0/s1. The van der Waals surface area contributed by atoms with Crippen molar-refractivity contribution in [3.8, 4) is 0 Å². The lowest BCUT2D eigenvalue weighted by molar-refractivity contribution is -0.0158. The fraction of sp³-hybridized carbons (Fsp3) is 0.929. The van der Waals surface area contributed by atoms with E-state index in [0.717, 1.165) is 25.5 Å². The summed E-state index contributed by atoms with van der Waals surface area (Å²) in [6.07, 6.45) is 4.16. The van der Waals surface area contributed by atoms with E-state index in [-0.39, 0.29) is 6.10 Å². The highest BCUT2D eigenvalue weighted by Gasteiger charge is 2.33. The molecule has 2 fully saturated rings. The molecule has 0 radical (unpaired) electrons. The molecule has 3 aliphatic rings. The van der Waals surface area contributed by atoms with Crippen LogP contribution < -0.4 is 5.32 Å². The van der Waals surface area contributed by atoms with Crippen molar-refractivity contribution in [1.82, 2.24) is 10.2 Å². The molecular weight excluding hydrogens is 242 g/mol. The number of ether oxygens (including phenoxy) is 1. The first kappa shape index (κ1) is 13.2. The molecular formula is C14H25N3O2. The third-order valence-corrected chi connectivity index (χ3v) is 4.45. The van der Waals surface area contributed by atoms with Gasteiger partial charge in [-0.1, -0.05) is 18.5 Å². The number of piperidine rings is 1. The number of nitrogens with zero attached hydrogens (tertiary/aromatic N) is 2. The van der Waals surface area contributed by atoms with Crippen LogP contribution in [-0.2, 0) is 9.57 Å². The van der Waals surface area contributed by atoms with Crippen LogP contribution in [0.2, 0.25) is 0 Å². The third kappa shape index (κ3) is 3.20. The Morgan fingerprint density at radius 3 is 2.84 bits per heavy atom. The van der Waals surface area contributed by atoms with Gasteiger partial charge in [0.1, 0.15) is 6.10 Å². The fourth-order valence-corrected chi connectivity index (χ4v) is 3.23. The molecule has 0 amide bonds. The molecule has 3 atom stereocenters. The molecule has 5 heteroatoms. The highest BCUT2D eigenvalue weighted by Crippen LogP contribution is 2.22. The van der Waals surface area contributed by atoms with Crippen molar-refractivity contribution in [1.29, 1.82) is 0 Å². The van der Waals surface area contributed by atoms with Crippen molar-refractivity contribution >= 4 is 5.90 Å². The normalized spacial score (nSPS) is 36.5. The van der Waals surface area contributed by atoms with Gasteiger partial charge < -0.3 is 14.9 Å². The summed E-state index contributed by atoms with van der Waals surface area (Å²) in [7, 11) is 0. The van der Waals surface area contributed by atoms with Crippen LogP contribution in [0.1, 0.15) is 26.2 Å². The maximum absolute atomic E-state index is 6.09. The van der Waals surface area contributed by atoms with E-state index >= 15 is 0 Å². The molecule has 3 aliphatic heterocycles. The Morgan fingerprint density at radius 2 is 2.11 bits per heavy atom. The maximum Gasteiger partial charge on any atom is 0.230 e. The largest absolute Gasteiger partial charge is 0.470 e. The molecule has 0 aromatic carbocycles. The summed E-state index contributed by atoms with van der Waals surface area (Å²) >= 11 is 0. The van der Waals surface area contributed by atoms with Gasteiger partial charge in [-0.15, -0.1) is 0 Å². The van der Waals surface area contributed by atoms with Gasteiger partial charge in [0.25, 0.3) is 0 Å². The van der Waals surface area contributed by atoms with E-state index in [0.29, 0.717) is 18.4 Å². The SMILES string of the molecule is C[C@H]1CNC[C@@H]1C1=NOC[C@@H](CN2CCCCC2)O1. The lowest BCUT2D eigenvalue weighted by Gasteiger charge is -2.32. The lowest BCUT2D eigenvalue weighted by Crippen LogP contribution is -2.43.